The van der Waals surface area contributed by atoms with Crippen molar-refractivity contribution >= 4 is 5.71 Å². The van der Waals surface area contributed by atoms with Crippen LogP contribution in [0.4, 0.5) is 0 Å². The van der Waals surface area contributed by atoms with Crippen LogP contribution in [0.1, 0.15) is 34.1 Å². The van der Waals surface area contributed by atoms with Crippen LogP contribution >= 0.6 is 0 Å². The van der Waals surface area contributed by atoms with Crippen molar-refractivity contribution in [3.8, 4) is 0 Å². The van der Waals surface area contributed by atoms with Crippen LogP contribution in [0, 0.1) is 0 Å². The fraction of sp³-hybridized carbons (Fsp3) is 0.857. The third-order valence-electron chi connectivity index (χ3n) is 0.990. The fourth-order valence-corrected chi connectivity index (χ4v) is 0.270. The summed E-state index contributed by atoms with van der Waals surface area (Å²) < 4.78 is 0. The van der Waals surface area contributed by atoms with Crippen LogP contribution in [-0.2, 0) is 4.84 Å². The summed E-state index contributed by atoms with van der Waals surface area (Å²) in [6.45, 7) is 7.92. The second kappa shape index (κ2) is 4.36. The summed E-state index contributed by atoms with van der Waals surface area (Å²) >= 11 is 0. The van der Waals surface area contributed by atoms with Crippen LogP contribution in [0.2, 0.25) is 0 Å². The summed E-state index contributed by atoms with van der Waals surface area (Å²) in [6, 6.07) is 0. The van der Waals surface area contributed by atoms with Crippen LogP contribution in [0.3, 0.4) is 0 Å². The maximum Gasteiger partial charge on any atom is 0.124 e. The molecule has 0 aromatic rings. The zero-order valence-electron chi connectivity index (χ0n) is 6.64. The monoisotopic (exact) mass is 129 g/mol. The molecule has 1 unspecified atom stereocenters. The average molecular weight is 129 g/mol. The van der Waals surface area contributed by atoms with Gasteiger partial charge in [0.15, 0.2) is 0 Å². The predicted octanol–water partition coefficient (Wildman–Crippen LogP) is 2.20. The van der Waals surface area contributed by atoms with Crippen LogP contribution < -0.4 is 0 Å². The maximum absolute atomic E-state index is 5.04. The Labute approximate surface area is 56.9 Å². The molecule has 1 atom stereocenters. The van der Waals surface area contributed by atoms with Crippen molar-refractivity contribution in [3.05, 3.63) is 0 Å². The standard InChI is InChI=1S/C7H15NO/c1-5-7(4)9-8-6(2)3/h7H,5H2,1-4H3. The molecule has 0 bridgehead atoms. The number of rotatable bonds is 3. The van der Waals surface area contributed by atoms with E-state index in [2.05, 4.69) is 12.1 Å². The molecule has 0 amide bonds. The SMILES string of the molecule is CCC(C)ON=C(C)C. The quantitative estimate of drug-likeness (QED) is 0.423. The van der Waals surface area contributed by atoms with E-state index in [9.17, 15) is 0 Å². The second-order valence-corrected chi connectivity index (χ2v) is 2.36. The van der Waals surface area contributed by atoms with Crippen molar-refractivity contribution in [1.82, 2.24) is 0 Å². The van der Waals surface area contributed by atoms with Crippen molar-refractivity contribution in [2.24, 2.45) is 5.16 Å². The highest BCUT2D eigenvalue weighted by molar-refractivity contribution is 5.78. The van der Waals surface area contributed by atoms with Crippen molar-refractivity contribution in [2.75, 3.05) is 0 Å². The van der Waals surface area contributed by atoms with Crippen LogP contribution in [0.25, 0.3) is 0 Å². The molecule has 9 heavy (non-hydrogen) atoms. The molecular formula is C7H15NO. The topological polar surface area (TPSA) is 21.6 Å². The van der Waals surface area contributed by atoms with Crippen molar-refractivity contribution in [3.63, 3.8) is 0 Å². The van der Waals surface area contributed by atoms with E-state index in [-0.39, 0.29) is 6.10 Å². The zero-order valence-corrected chi connectivity index (χ0v) is 6.64. The van der Waals surface area contributed by atoms with Crippen molar-refractivity contribution in [2.45, 2.75) is 40.2 Å². The molecule has 0 aliphatic carbocycles. The molecule has 2 nitrogen and oxygen atoms in total. The van der Waals surface area contributed by atoms with E-state index in [1.54, 1.807) is 0 Å². The normalized spacial score (nSPS) is 12.4. The highest BCUT2D eigenvalue weighted by Crippen LogP contribution is 1.95. The second-order valence-electron chi connectivity index (χ2n) is 2.36. The molecule has 0 rings (SSSR count). The molecule has 0 saturated carbocycles. The van der Waals surface area contributed by atoms with Crippen LogP contribution in [-0.4, -0.2) is 11.8 Å². The summed E-state index contributed by atoms with van der Waals surface area (Å²) in [5.41, 5.74) is 0.968. The molecule has 0 radical (unpaired) electrons. The van der Waals surface area contributed by atoms with Gasteiger partial charge < -0.3 is 4.84 Å². The molecular weight excluding hydrogens is 114 g/mol. The Morgan fingerprint density at radius 1 is 1.56 bits per heavy atom. The number of oxime groups is 1. The lowest BCUT2D eigenvalue weighted by molar-refractivity contribution is 0.0697. The van der Waals surface area contributed by atoms with Gasteiger partial charge in [-0.05, 0) is 27.2 Å². The molecule has 0 aliphatic heterocycles. The first-order valence-electron chi connectivity index (χ1n) is 3.33. The lowest BCUT2D eigenvalue weighted by Crippen LogP contribution is -2.02. The fourth-order valence-electron chi connectivity index (χ4n) is 0.270. The zero-order chi connectivity index (χ0) is 7.28. The Balaban J connectivity index is 3.37. The number of hydrogen-bond acceptors (Lipinski definition) is 2. The Hall–Kier alpha value is -0.530. The van der Waals surface area contributed by atoms with Gasteiger partial charge in [-0.1, -0.05) is 12.1 Å². The van der Waals surface area contributed by atoms with E-state index in [4.69, 9.17) is 4.84 Å². The van der Waals surface area contributed by atoms with Crippen molar-refractivity contribution in [1.29, 1.82) is 0 Å². The molecule has 0 spiro atoms. The lowest BCUT2D eigenvalue weighted by Gasteiger charge is -2.04. The first-order valence-corrected chi connectivity index (χ1v) is 3.33. The first kappa shape index (κ1) is 8.47. The minimum absolute atomic E-state index is 0.250. The van der Waals surface area contributed by atoms with Gasteiger partial charge in [0.2, 0.25) is 0 Å². The van der Waals surface area contributed by atoms with Gasteiger partial charge in [0.25, 0.3) is 0 Å². The maximum atomic E-state index is 5.04. The van der Waals surface area contributed by atoms with E-state index < -0.39 is 0 Å². The molecule has 0 saturated heterocycles. The molecule has 0 fully saturated rings. The highest BCUT2D eigenvalue weighted by Gasteiger charge is 1.94. The third-order valence-corrected chi connectivity index (χ3v) is 0.990. The van der Waals surface area contributed by atoms with Gasteiger partial charge in [-0.25, -0.2) is 0 Å². The minimum atomic E-state index is 0.250. The molecule has 54 valence electrons. The van der Waals surface area contributed by atoms with E-state index in [1.807, 2.05) is 20.8 Å². The molecule has 2 heteroatoms. The van der Waals surface area contributed by atoms with E-state index in [0.717, 1.165) is 12.1 Å². The third kappa shape index (κ3) is 5.34. The van der Waals surface area contributed by atoms with E-state index >= 15 is 0 Å². The van der Waals surface area contributed by atoms with Crippen LogP contribution in [0.15, 0.2) is 5.16 Å². The Bertz CT molecular complexity index is 95.1. The van der Waals surface area contributed by atoms with Gasteiger partial charge in [0.05, 0.1) is 5.71 Å². The van der Waals surface area contributed by atoms with Crippen molar-refractivity contribution < 1.29 is 4.84 Å². The first-order chi connectivity index (χ1) is 4.16. The summed E-state index contributed by atoms with van der Waals surface area (Å²) in [5, 5.41) is 3.81. The predicted molar refractivity (Wildman–Crippen MR) is 39.6 cm³/mol. The lowest BCUT2D eigenvalue weighted by atomic mass is 10.3. The minimum Gasteiger partial charge on any atom is -0.393 e. The van der Waals surface area contributed by atoms with Gasteiger partial charge in [-0.15, -0.1) is 0 Å². The Kier molecular flexibility index (Phi) is 4.10. The molecule has 0 N–H and O–H groups in total. The van der Waals surface area contributed by atoms with Gasteiger partial charge in [-0.2, -0.15) is 0 Å². The molecule has 0 aliphatic rings. The highest BCUT2D eigenvalue weighted by atomic mass is 16.6. The average Bonchev–Trinajstić information content (AvgIpc) is 1.83. The number of nitrogens with zero attached hydrogens (tertiary/aromatic N) is 1. The van der Waals surface area contributed by atoms with E-state index in [1.165, 1.54) is 0 Å². The summed E-state index contributed by atoms with van der Waals surface area (Å²) in [6.07, 6.45) is 1.26. The van der Waals surface area contributed by atoms with Gasteiger partial charge in [-0.3, -0.25) is 0 Å². The number of hydrogen-bond donors (Lipinski definition) is 0. The van der Waals surface area contributed by atoms with Gasteiger partial charge in [0.1, 0.15) is 6.10 Å². The van der Waals surface area contributed by atoms with E-state index in [0.29, 0.717) is 0 Å². The van der Waals surface area contributed by atoms with Gasteiger partial charge >= 0.3 is 0 Å². The summed E-state index contributed by atoms with van der Waals surface area (Å²) in [5.74, 6) is 0. The molecule has 0 aromatic carbocycles. The Morgan fingerprint density at radius 2 is 2.11 bits per heavy atom. The smallest absolute Gasteiger partial charge is 0.124 e. The molecule has 0 aromatic heterocycles. The molecule has 0 heterocycles. The summed E-state index contributed by atoms with van der Waals surface area (Å²) in [7, 11) is 0. The van der Waals surface area contributed by atoms with Gasteiger partial charge in [0, 0.05) is 0 Å². The van der Waals surface area contributed by atoms with Crippen LogP contribution in [0.5, 0.6) is 0 Å². The summed E-state index contributed by atoms with van der Waals surface area (Å²) in [4.78, 5) is 5.04. The Morgan fingerprint density at radius 3 is 2.44 bits per heavy atom. The largest absolute Gasteiger partial charge is 0.393 e.